The predicted octanol–water partition coefficient (Wildman–Crippen LogP) is 3.92. The fraction of sp³-hybridized carbons (Fsp3) is 0.625. The van der Waals surface area contributed by atoms with Gasteiger partial charge in [-0.3, -0.25) is 0 Å². The van der Waals surface area contributed by atoms with Crippen molar-refractivity contribution in [1.29, 1.82) is 0 Å². The fourth-order valence-corrected chi connectivity index (χ4v) is 2.24. The third kappa shape index (κ3) is 7.56. The van der Waals surface area contributed by atoms with Crippen LogP contribution in [0.15, 0.2) is 24.3 Å². The Bertz CT molecular complexity index is 326. The number of hydrogen-bond acceptors (Lipinski definition) is 2. The van der Waals surface area contributed by atoms with Gasteiger partial charge in [0.05, 0.1) is 0 Å². The highest BCUT2D eigenvalue weighted by molar-refractivity contribution is 6.30. The first kappa shape index (κ1) is 16.5. The van der Waals surface area contributed by atoms with Crippen molar-refractivity contribution >= 4 is 11.6 Å². The molecule has 0 amide bonds. The van der Waals surface area contributed by atoms with Crippen LogP contribution in [0.2, 0.25) is 5.02 Å². The smallest absolute Gasteiger partial charge is 0.0469 e. The summed E-state index contributed by atoms with van der Waals surface area (Å²) in [7, 11) is 2.01. The monoisotopic (exact) mass is 283 g/mol. The van der Waals surface area contributed by atoms with Crippen molar-refractivity contribution in [2.24, 2.45) is 5.92 Å². The molecule has 1 N–H and O–H groups in total. The summed E-state index contributed by atoms with van der Waals surface area (Å²) < 4.78 is 5.66. The molecular weight excluding hydrogens is 258 g/mol. The van der Waals surface area contributed by atoms with Gasteiger partial charge in [0.1, 0.15) is 0 Å². The van der Waals surface area contributed by atoms with Crippen LogP contribution in [0, 0.1) is 5.92 Å². The van der Waals surface area contributed by atoms with Gasteiger partial charge in [0.2, 0.25) is 0 Å². The van der Waals surface area contributed by atoms with Gasteiger partial charge in [-0.15, -0.1) is 0 Å². The topological polar surface area (TPSA) is 21.3 Å². The highest BCUT2D eigenvalue weighted by Crippen LogP contribution is 2.15. The minimum Gasteiger partial charge on any atom is -0.381 e. The third-order valence-corrected chi connectivity index (χ3v) is 3.50. The highest BCUT2D eigenvalue weighted by atomic mass is 35.5. The second-order valence-corrected chi connectivity index (χ2v) is 5.45. The molecule has 0 aliphatic carbocycles. The molecule has 0 radical (unpaired) electrons. The molecule has 1 rings (SSSR count). The van der Waals surface area contributed by atoms with Crippen LogP contribution >= 0.6 is 11.6 Å². The predicted molar refractivity (Wildman–Crippen MR) is 82.9 cm³/mol. The molecular formula is C16H26ClNO. The molecule has 0 saturated carbocycles. The average Bonchev–Trinajstić information content (AvgIpc) is 2.41. The van der Waals surface area contributed by atoms with Gasteiger partial charge in [-0.2, -0.15) is 0 Å². The Hall–Kier alpha value is -0.570. The SMILES string of the molecule is CCCCOCCC(CNC)Cc1ccc(Cl)cc1. The van der Waals surface area contributed by atoms with E-state index in [1.165, 1.54) is 12.0 Å². The van der Waals surface area contributed by atoms with Gasteiger partial charge >= 0.3 is 0 Å². The summed E-state index contributed by atoms with van der Waals surface area (Å²) in [5.41, 5.74) is 1.35. The molecule has 0 bridgehead atoms. The number of rotatable bonds is 10. The van der Waals surface area contributed by atoms with E-state index in [1.54, 1.807) is 0 Å². The lowest BCUT2D eigenvalue weighted by Crippen LogP contribution is -2.22. The van der Waals surface area contributed by atoms with Crippen molar-refractivity contribution in [2.75, 3.05) is 26.8 Å². The number of nitrogens with one attached hydrogen (secondary N) is 1. The Kier molecular flexibility index (Phi) is 8.89. The number of hydrogen-bond donors (Lipinski definition) is 1. The standard InChI is InChI=1S/C16H26ClNO/c1-3-4-10-19-11-9-15(13-18-2)12-14-5-7-16(17)8-6-14/h5-8,15,18H,3-4,9-13H2,1-2H3. The van der Waals surface area contributed by atoms with Gasteiger partial charge in [0.25, 0.3) is 0 Å². The number of benzene rings is 1. The van der Waals surface area contributed by atoms with Crippen LogP contribution in [0.1, 0.15) is 31.7 Å². The number of unbranched alkanes of at least 4 members (excludes halogenated alkanes) is 1. The lowest BCUT2D eigenvalue weighted by Gasteiger charge is -2.16. The van der Waals surface area contributed by atoms with Gasteiger partial charge < -0.3 is 10.1 Å². The Morgan fingerprint density at radius 1 is 1.21 bits per heavy atom. The molecule has 2 nitrogen and oxygen atoms in total. The summed E-state index contributed by atoms with van der Waals surface area (Å²) >= 11 is 5.91. The van der Waals surface area contributed by atoms with Crippen molar-refractivity contribution in [2.45, 2.75) is 32.6 Å². The Morgan fingerprint density at radius 2 is 1.95 bits per heavy atom. The Labute approximate surface area is 122 Å². The van der Waals surface area contributed by atoms with Gasteiger partial charge in [-0.25, -0.2) is 0 Å². The highest BCUT2D eigenvalue weighted by Gasteiger charge is 2.09. The molecule has 0 saturated heterocycles. The maximum atomic E-state index is 5.91. The summed E-state index contributed by atoms with van der Waals surface area (Å²) in [6, 6.07) is 8.15. The second-order valence-electron chi connectivity index (χ2n) is 5.01. The van der Waals surface area contributed by atoms with Crippen LogP contribution in [0.25, 0.3) is 0 Å². The van der Waals surface area contributed by atoms with Crippen LogP contribution in [0.4, 0.5) is 0 Å². The van der Waals surface area contributed by atoms with E-state index < -0.39 is 0 Å². The summed E-state index contributed by atoms with van der Waals surface area (Å²) in [4.78, 5) is 0. The van der Waals surface area contributed by atoms with Crippen LogP contribution < -0.4 is 5.32 Å². The van der Waals surface area contributed by atoms with Crippen LogP contribution in [-0.2, 0) is 11.2 Å². The molecule has 0 aliphatic rings. The zero-order valence-corrected chi connectivity index (χ0v) is 12.9. The molecule has 0 aliphatic heterocycles. The molecule has 19 heavy (non-hydrogen) atoms. The van der Waals surface area contributed by atoms with Crippen molar-refractivity contribution < 1.29 is 4.74 Å². The molecule has 0 spiro atoms. The quantitative estimate of drug-likeness (QED) is 0.657. The summed E-state index contributed by atoms with van der Waals surface area (Å²) in [5, 5.41) is 4.07. The summed E-state index contributed by atoms with van der Waals surface area (Å²) in [5.74, 6) is 0.618. The summed E-state index contributed by atoms with van der Waals surface area (Å²) in [6.45, 7) is 4.97. The van der Waals surface area contributed by atoms with Gasteiger partial charge in [0.15, 0.2) is 0 Å². The van der Waals surface area contributed by atoms with E-state index in [0.717, 1.165) is 44.0 Å². The van der Waals surface area contributed by atoms with E-state index in [4.69, 9.17) is 16.3 Å². The van der Waals surface area contributed by atoms with E-state index in [2.05, 4.69) is 24.4 Å². The minimum atomic E-state index is 0.618. The van der Waals surface area contributed by atoms with Crippen LogP contribution in [0.3, 0.4) is 0 Å². The summed E-state index contributed by atoms with van der Waals surface area (Å²) in [6.07, 6.45) is 4.54. The van der Waals surface area contributed by atoms with Gasteiger partial charge in [-0.1, -0.05) is 37.1 Å². The molecule has 0 fully saturated rings. The lowest BCUT2D eigenvalue weighted by molar-refractivity contribution is 0.117. The van der Waals surface area contributed by atoms with Crippen molar-refractivity contribution in [3.8, 4) is 0 Å². The zero-order chi connectivity index (χ0) is 13.9. The molecule has 1 atom stereocenters. The normalized spacial score (nSPS) is 12.6. The molecule has 1 unspecified atom stereocenters. The molecule has 3 heteroatoms. The molecule has 1 aromatic carbocycles. The fourth-order valence-electron chi connectivity index (χ4n) is 2.12. The van der Waals surface area contributed by atoms with Gasteiger partial charge in [-0.05, 0) is 56.5 Å². The van der Waals surface area contributed by atoms with E-state index in [1.807, 2.05) is 19.2 Å². The first-order chi connectivity index (χ1) is 9.26. The van der Waals surface area contributed by atoms with Crippen molar-refractivity contribution in [3.63, 3.8) is 0 Å². The van der Waals surface area contributed by atoms with Crippen molar-refractivity contribution in [1.82, 2.24) is 5.32 Å². The molecule has 108 valence electrons. The van der Waals surface area contributed by atoms with E-state index >= 15 is 0 Å². The van der Waals surface area contributed by atoms with E-state index in [0.29, 0.717) is 5.92 Å². The zero-order valence-electron chi connectivity index (χ0n) is 12.1. The second kappa shape index (κ2) is 10.2. The van der Waals surface area contributed by atoms with Crippen LogP contribution in [0.5, 0.6) is 0 Å². The largest absolute Gasteiger partial charge is 0.381 e. The number of ether oxygens (including phenoxy) is 1. The lowest BCUT2D eigenvalue weighted by atomic mass is 9.96. The van der Waals surface area contributed by atoms with E-state index in [9.17, 15) is 0 Å². The average molecular weight is 284 g/mol. The Balaban J connectivity index is 2.33. The van der Waals surface area contributed by atoms with Crippen LogP contribution in [-0.4, -0.2) is 26.8 Å². The maximum absolute atomic E-state index is 5.91. The Morgan fingerprint density at radius 3 is 2.58 bits per heavy atom. The van der Waals surface area contributed by atoms with Gasteiger partial charge in [0, 0.05) is 18.2 Å². The third-order valence-electron chi connectivity index (χ3n) is 3.24. The van der Waals surface area contributed by atoms with E-state index in [-0.39, 0.29) is 0 Å². The minimum absolute atomic E-state index is 0.618. The first-order valence-corrected chi connectivity index (χ1v) is 7.60. The molecule has 0 aromatic heterocycles. The number of halogens is 1. The molecule has 1 aromatic rings. The first-order valence-electron chi connectivity index (χ1n) is 7.23. The molecule has 0 heterocycles. The maximum Gasteiger partial charge on any atom is 0.0469 e. The van der Waals surface area contributed by atoms with Crippen molar-refractivity contribution in [3.05, 3.63) is 34.9 Å².